The topological polar surface area (TPSA) is 23.5 Å². The van der Waals surface area contributed by atoms with Crippen molar-refractivity contribution >= 4 is 0 Å². The van der Waals surface area contributed by atoms with Crippen molar-refractivity contribution < 1.29 is 5.11 Å². The van der Waals surface area contributed by atoms with E-state index < -0.39 is 0 Å². The smallest absolute Gasteiger partial charge is 0.107 e. The Bertz CT molecular complexity index is 97.7. The standard InChI is InChI=1S/C9H19NO/c1-2-9(11)10-7-5-3-4-6-8-10/h9,11H,2-8H2,1H3. The lowest BCUT2D eigenvalue weighted by atomic mass is 10.2. The van der Waals surface area contributed by atoms with Gasteiger partial charge in [0.2, 0.25) is 0 Å². The summed E-state index contributed by atoms with van der Waals surface area (Å²) < 4.78 is 0. The van der Waals surface area contributed by atoms with E-state index in [1.54, 1.807) is 0 Å². The van der Waals surface area contributed by atoms with Crippen LogP contribution in [0.15, 0.2) is 0 Å². The van der Waals surface area contributed by atoms with Gasteiger partial charge in [0.15, 0.2) is 0 Å². The zero-order chi connectivity index (χ0) is 8.10. The minimum Gasteiger partial charge on any atom is -0.378 e. The Balaban J connectivity index is 2.30. The highest BCUT2D eigenvalue weighted by Gasteiger charge is 2.14. The van der Waals surface area contributed by atoms with Crippen molar-refractivity contribution in [2.24, 2.45) is 0 Å². The van der Waals surface area contributed by atoms with Crippen LogP contribution in [0.25, 0.3) is 0 Å². The van der Waals surface area contributed by atoms with Gasteiger partial charge in [0.1, 0.15) is 6.23 Å². The van der Waals surface area contributed by atoms with Crippen molar-refractivity contribution in [1.29, 1.82) is 0 Å². The van der Waals surface area contributed by atoms with Crippen LogP contribution in [-0.2, 0) is 0 Å². The lowest BCUT2D eigenvalue weighted by Crippen LogP contribution is -2.35. The third-order valence-corrected chi connectivity index (χ3v) is 2.43. The van der Waals surface area contributed by atoms with E-state index in [2.05, 4.69) is 4.90 Å². The lowest BCUT2D eigenvalue weighted by molar-refractivity contribution is 0.00359. The molecular weight excluding hydrogens is 138 g/mol. The van der Waals surface area contributed by atoms with E-state index >= 15 is 0 Å². The number of likely N-dealkylation sites (tertiary alicyclic amines) is 1. The second-order valence-corrected chi connectivity index (χ2v) is 3.34. The minimum absolute atomic E-state index is 0.187. The molecule has 1 rings (SSSR count). The first-order valence-electron chi connectivity index (χ1n) is 4.76. The summed E-state index contributed by atoms with van der Waals surface area (Å²) in [4.78, 5) is 2.20. The van der Waals surface area contributed by atoms with Crippen molar-refractivity contribution in [3.63, 3.8) is 0 Å². The van der Waals surface area contributed by atoms with Crippen molar-refractivity contribution in [2.75, 3.05) is 13.1 Å². The van der Waals surface area contributed by atoms with Crippen LogP contribution >= 0.6 is 0 Å². The Hall–Kier alpha value is -0.0800. The van der Waals surface area contributed by atoms with E-state index in [9.17, 15) is 5.11 Å². The van der Waals surface area contributed by atoms with Gasteiger partial charge < -0.3 is 5.11 Å². The summed E-state index contributed by atoms with van der Waals surface area (Å²) in [6.45, 7) is 4.22. The zero-order valence-corrected chi connectivity index (χ0v) is 7.42. The molecule has 0 aliphatic carbocycles. The number of hydrogen-bond donors (Lipinski definition) is 1. The fourth-order valence-electron chi connectivity index (χ4n) is 1.65. The van der Waals surface area contributed by atoms with Crippen LogP contribution in [0.3, 0.4) is 0 Å². The first-order valence-corrected chi connectivity index (χ1v) is 4.76. The van der Waals surface area contributed by atoms with Crippen LogP contribution in [0.1, 0.15) is 39.0 Å². The molecule has 1 fully saturated rings. The summed E-state index contributed by atoms with van der Waals surface area (Å²) >= 11 is 0. The molecule has 1 N–H and O–H groups in total. The molecule has 0 bridgehead atoms. The number of aliphatic hydroxyl groups is 1. The van der Waals surface area contributed by atoms with Gasteiger partial charge >= 0.3 is 0 Å². The molecule has 2 nitrogen and oxygen atoms in total. The molecule has 2 heteroatoms. The lowest BCUT2D eigenvalue weighted by Gasteiger charge is -2.24. The average molecular weight is 157 g/mol. The van der Waals surface area contributed by atoms with Gasteiger partial charge in [-0.05, 0) is 19.3 Å². The molecule has 11 heavy (non-hydrogen) atoms. The van der Waals surface area contributed by atoms with Crippen LogP contribution in [0.4, 0.5) is 0 Å². The summed E-state index contributed by atoms with van der Waals surface area (Å²) in [5.41, 5.74) is 0. The Morgan fingerprint density at radius 1 is 1.18 bits per heavy atom. The third kappa shape index (κ3) is 2.80. The molecule has 1 heterocycles. The number of rotatable bonds is 2. The van der Waals surface area contributed by atoms with Crippen molar-refractivity contribution in [3.05, 3.63) is 0 Å². The molecule has 0 amide bonds. The van der Waals surface area contributed by atoms with E-state index in [0.29, 0.717) is 0 Å². The number of aliphatic hydroxyl groups excluding tert-OH is 1. The maximum Gasteiger partial charge on any atom is 0.107 e. The monoisotopic (exact) mass is 157 g/mol. The first kappa shape index (κ1) is 9.01. The summed E-state index contributed by atoms with van der Waals surface area (Å²) in [5, 5.41) is 9.53. The second kappa shape index (κ2) is 4.73. The van der Waals surface area contributed by atoms with E-state index in [1.165, 1.54) is 25.7 Å². The number of nitrogens with zero attached hydrogens (tertiary/aromatic N) is 1. The van der Waals surface area contributed by atoms with E-state index in [1.807, 2.05) is 6.92 Å². The molecule has 0 aromatic rings. The predicted octanol–water partition coefficient (Wildman–Crippen LogP) is 1.59. The Morgan fingerprint density at radius 2 is 1.73 bits per heavy atom. The van der Waals surface area contributed by atoms with Crippen molar-refractivity contribution in [3.8, 4) is 0 Å². The molecule has 1 unspecified atom stereocenters. The van der Waals surface area contributed by atoms with Crippen LogP contribution in [0.2, 0.25) is 0 Å². The van der Waals surface area contributed by atoms with Crippen LogP contribution < -0.4 is 0 Å². The van der Waals surface area contributed by atoms with Gasteiger partial charge in [0.25, 0.3) is 0 Å². The summed E-state index contributed by atoms with van der Waals surface area (Å²) in [6, 6.07) is 0. The highest BCUT2D eigenvalue weighted by Crippen LogP contribution is 2.12. The normalized spacial score (nSPS) is 24.5. The summed E-state index contributed by atoms with van der Waals surface area (Å²) in [5.74, 6) is 0. The molecule has 0 aromatic heterocycles. The van der Waals surface area contributed by atoms with Crippen LogP contribution in [0, 0.1) is 0 Å². The van der Waals surface area contributed by atoms with E-state index in [4.69, 9.17) is 0 Å². The zero-order valence-electron chi connectivity index (χ0n) is 7.42. The van der Waals surface area contributed by atoms with Gasteiger partial charge in [-0.1, -0.05) is 19.8 Å². The summed E-state index contributed by atoms with van der Waals surface area (Å²) in [7, 11) is 0. The molecule has 0 radical (unpaired) electrons. The SMILES string of the molecule is CCC(O)N1CCCCCC1. The Morgan fingerprint density at radius 3 is 2.18 bits per heavy atom. The fourth-order valence-corrected chi connectivity index (χ4v) is 1.65. The van der Waals surface area contributed by atoms with Crippen LogP contribution in [0.5, 0.6) is 0 Å². The molecule has 1 aliphatic heterocycles. The maximum atomic E-state index is 9.53. The quantitative estimate of drug-likeness (QED) is 0.658. The molecule has 66 valence electrons. The first-order chi connectivity index (χ1) is 5.34. The van der Waals surface area contributed by atoms with Gasteiger partial charge in [0.05, 0.1) is 0 Å². The van der Waals surface area contributed by atoms with Crippen molar-refractivity contribution in [1.82, 2.24) is 4.90 Å². The Labute approximate surface area is 69.2 Å². The Kier molecular flexibility index (Phi) is 3.87. The van der Waals surface area contributed by atoms with E-state index in [0.717, 1.165) is 19.5 Å². The molecular formula is C9H19NO. The van der Waals surface area contributed by atoms with Crippen molar-refractivity contribution in [2.45, 2.75) is 45.3 Å². The molecule has 0 spiro atoms. The molecule has 0 saturated carbocycles. The van der Waals surface area contributed by atoms with Gasteiger partial charge in [-0.25, -0.2) is 0 Å². The largest absolute Gasteiger partial charge is 0.378 e. The van der Waals surface area contributed by atoms with E-state index in [-0.39, 0.29) is 6.23 Å². The van der Waals surface area contributed by atoms with Gasteiger partial charge in [-0.2, -0.15) is 0 Å². The van der Waals surface area contributed by atoms with Gasteiger partial charge in [0, 0.05) is 13.1 Å². The molecule has 0 aromatic carbocycles. The highest BCUT2D eigenvalue weighted by atomic mass is 16.3. The third-order valence-electron chi connectivity index (χ3n) is 2.43. The molecule has 1 atom stereocenters. The fraction of sp³-hybridized carbons (Fsp3) is 1.00. The summed E-state index contributed by atoms with van der Waals surface area (Å²) in [6.07, 6.45) is 5.88. The highest BCUT2D eigenvalue weighted by molar-refractivity contribution is 4.64. The van der Waals surface area contributed by atoms with Gasteiger partial charge in [-0.15, -0.1) is 0 Å². The molecule has 1 saturated heterocycles. The molecule has 1 aliphatic rings. The maximum absolute atomic E-state index is 9.53. The predicted molar refractivity (Wildman–Crippen MR) is 46.3 cm³/mol. The van der Waals surface area contributed by atoms with Gasteiger partial charge in [-0.3, -0.25) is 4.90 Å². The van der Waals surface area contributed by atoms with Crippen LogP contribution in [-0.4, -0.2) is 29.3 Å². The number of hydrogen-bond acceptors (Lipinski definition) is 2. The minimum atomic E-state index is -0.187. The second-order valence-electron chi connectivity index (χ2n) is 3.34. The average Bonchev–Trinajstić information content (AvgIpc) is 2.30.